The Bertz CT molecular complexity index is 593. The molecule has 1 unspecified atom stereocenters. The summed E-state index contributed by atoms with van der Waals surface area (Å²) in [6, 6.07) is 9.80. The zero-order valence-electron chi connectivity index (χ0n) is 11.4. The van der Waals surface area contributed by atoms with Crippen molar-refractivity contribution in [2.45, 2.75) is 19.4 Å². The Morgan fingerprint density at radius 1 is 1.15 bits per heavy atom. The van der Waals surface area contributed by atoms with Gasteiger partial charge in [0.1, 0.15) is 11.6 Å². The number of likely N-dealkylation sites (N-methyl/N-ethyl adjacent to an activating group) is 1. The van der Waals surface area contributed by atoms with Gasteiger partial charge in [0, 0.05) is 15.7 Å². The lowest BCUT2D eigenvalue weighted by Gasteiger charge is -2.19. The van der Waals surface area contributed by atoms with Gasteiger partial charge in [0.15, 0.2) is 0 Å². The predicted molar refractivity (Wildman–Crippen MR) is 85.8 cm³/mol. The molecule has 0 bridgehead atoms. The highest BCUT2D eigenvalue weighted by molar-refractivity contribution is 14.1. The Labute approximate surface area is 131 Å². The van der Waals surface area contributed by atoms with Crippen LogP contribution in [0.3, 0.4) is 0 Å². The molecule has 0 aliphatic carbocycles. The lowest BCUT2D eigenvalue weighted by molar-refractivity contribution is 0.561. The first-order valence-electron chi connectivity index (χ1n) is 6.38. The first kappa shape index (κ1) is 15.4. The molecule has 2 aromatic rings. The van der Waals surface area contributed by atoms with Crippen molar-refractivity contribution in [1.29, 1.82) is 0 Å². The zero-order chi connectivity index (χ0) is 14.7. The highest BCUT2D eigenvalue weighted by Crippen LogP contribution is 2.26. The Kier molecular flexibility index (Phi) is 5.10. The molecule has 0 radical (unpaired) electrons. The average Bonchev–Trinajstić information content (AvgIpc) is 2.38. The Morgan fingerprint density at radius 2 is 1.80 bits per heavy atom. The zero-order valence-corrected chi connectivity index (χ0v) is 13.5. The molecule has 4 heteroatoms. The van der Waals surface area contributed by atoms with Crippen LogP contribution < -0.4 is 5.32 Å². The molecule has 2 rings (SSSR count). The molecule has 0 spiro atoms. The van der Waals surface area contributed by atoms with Crippen molar-refractivity contribution in [1.82, 2.24) is 5.32 Å². The summed E-state index contributed by atoms with van der Waals surface area (Å²) in [6.07, 6.45) is 0.546. The second-order valence-corrected chi connectivity index (χ2v) is 5.88. The maximum Gasteiger partial charge on any atom is 0.126 e. The Hall–Kier alpha value is -1.01. The Balaban J connectivity index is 2.31. The third kappa shape index (κ3) is 3.55. The predicted octanol–water partition coefficient (Wildman–Crippen LogP) is 4.38. The molecule has 1 atom stereocenters. The van der Waals surface area contributed by atoms with Crippen LogP contribution in [0.1, 0.15) is 22.7 Å². The van der Waals surface area contributed by atoms with Gasteiger partial charge in [0.25, 0.3) is 0 Å². The quantitative estimate of drug-likeness (QED) is 0.768. The van der Waals surface area contributed by atoms with E-state index in [1.165, 1.54) is 21.3 Å². The molecule has 0 fully saturated rings. The first-order chi connectivity index (χ1) is 9.51. The highest BCUT2D eigenvalue weighted by atomic mass is 127. The summed E-state index contributed by atoms with van der Waals surface area (Å²) in [4.78, 5) is 0. The number of nitrogens with one attached hydrogen (secondary N) is 1. The number of halogens is 3. The van der Waals surface area contributed by atoms with Gasteiger partial charge in [-0.15, -0.1) is 0 Å². The summed E-state index contributed by atoms with van der Waals surface area (Å²) in [5.74, 6) is -1.07. The second-order valence-electron chi connectivity index (χ2n) is 4.80. The molecule has 0 aliphatic rings. The van der Waals surface area contributed by atoms with E-state index in [9.17, 15) is 8.78 Å². The van der Waals surface area contributed by atoms with Crippen molar-refractivity contribution < 1.29 is 8.78 Å². The van der Waals surface area contributed by atoms with Gasteiger partial charge < -0.3 is 5.32 Å². The molecule has 20 heavy (non-hydrogen) atoms. The maximum atomic E-state index is 13.3. The van der Waals surface area contributed by atoms with Crippen molar-refractivity contribution in [3.8, 4) is 0 Å². The standard InChI is InChI=1S/C16H16F2IN/c1-10-4-3-5-14(16(10)19)15(20-2)8-11-6-12(17)9-13(18)7-11/h3-7,9,15,20H,8H2,1-2H3. The maximum absolute atomic E-state index is 13.3. The minimum absolute atomic E-state index is 0.0306. The van der Waals surface area contributed by atoms with E-state index >= 15 is 0 Å². The summed E-state index contributed by atoms with van der Waals surface area (Å²) >= 11 is 2.31. The van der Waals surface area contributed by atoms with E-state index in [-0.39, 0.29) is 6.04 Å². The number of rotatable bonds is 4. The van der Waals surface area contributed by atoms with E-state index in [1.54, 1.807) is 0 Å². The van der Waals surface area contributed by atoms with Crippen LogP contribution in [0.4, 0.5) is 8.78 Å². The SMILES string of the molecule is CNC(Cc1cc(F)cc(F)c1)c1cccc(C)c1I. The summed E-state index contributed by atoms with van der Waals surface area (Å²) in [5, 5.41) is 3.22. The van der Waals surface area contributed by atoms with Crippen molar-refractivity contribution in [3.63, 3.8) is 0 Å². The number of hydrogen-bond acceptors (Lipinski definition) is 1. The molecule has 106 valence electrons. The summed E-state index contributed by atoms with van der Waals surface area (Å²) in [6.45, 7) is 2.06. The molecule has 1 nitrogen and oxygen atoms in total. The van der Waals surface area contributed by atoms with Crippen molar-refractivity contribution in [3.05, 3.63) is 68.3 Å². The molecule has 0 aromatic heterocycles. The smallest absolute Gasteiger partial charge is 0.126 e. The molecule has 1 N–H and O–H groups in total. The van der Waals surface area contributed by atoms with E-state index in [0.29, 0.717) is 12.0 Å². The fraction of sp³-hybridized carbons (Fsp3) is 0.250. The molecule has 0 amide bonds. The van der Waals surface area contributed by atoms with E-state index in [2.05, 4.69) is 40.9 Å². The molecule has 0 saturated heterocycles. The van der Waals surface area contributed by atoms with Gasteiger partial charge in [-0.1, -0.05) is 18.2 Å². The molecular weight excluding hydrogens is 371 g/mol. The minimum atomic E-state index is -0.534. The van der Waals surface area contributed by atoms with E-state index in [4.69, 9.17) is 0 Å². The molecule has 2 aromatic carbocycles. The second kappa shape index (κ2) is 6.63. The normalized spacial score (nSPS) is 12.4. The molecule has 0 heterocycles. The van der Waals surface area contributed by atoms with Gasteiger partial charge in [-0.05, 0) is 71.8 Å². The fourth-order valence-electron chi connectivity index (χ4n) is 2.27. The number of benzene rings is 2. The van der Waals surface area contributed by atoms with Crippen molar-refractivity contribution in [2.75, 3.05) is 7.05 Å². The highest BCUT2D eigenvalue weighted by Gasteiger charge is 2.15. The lowest BCUT2D eigenvalue weighted by atomic mass is 9.97. The minimum Gasteiger partial charge on any atom is -0.313 e. The van der Waals surface area contributed by atoms with Crippen molar-refractivity contribution >= 4 is 22.6 Å². The van der Waals surface area contributed by atoms with Crippen LogP contribution in [0.5, 0.6) is 0 Å². The van der Waals surface area contributed by atoms with Gasteiger partial charge in [-0.2, -0.15) is 0 Å². The van der Waals surface area contributed by atoms with Gasteiger partial charge in [0.05, 0.1) is 0 Å². The van der Waals surface area contributed by atoms with Gasteiger partial charge in [0.2, 0.25) is 0 Å². The van der Waals surface area contributed by atoms with E-state index in [0.717, 1.165) is 11.6 Å². The molecule has 0 aliphatic heterocycles. The van der Waals surface area contributed by atoms with Crippen LogP contribution >= 0.6 is 22.6 Å². The molecule has 0 saturated carbocycles. The van der Waals surface area contributed by atoms with Crippen LogP contribution in [0.25, 0.3) is 0 Å². The number of aryl methyl sites for hydroxylation is 1. The molecular formula is C16H16F2IN. The first-order valence-corrected chi connectivity index (χ1v) is 7.46. The van der Waals surface area contributed by atoms with E-state index < -0.39 is 11.6 Å². The van der Waals surface area contributed by atoms with Crippen LogP contribution in [-0.2, 0) is 6.42 Å². The fourth-order valence-corrected chi connectivity index (χ4v) is 3.01. The summed E-state index contributed by atoms with van der Waals surface area (Å²) in [5.41, 5.74) is 3.01. The topological polar surface area (TPSA) is 12.0 Å². The number of hydrogen-bond donors (Lipinski definition) is 1. The Morgan fingerprint density at radius 3 is 2.40 bits per heavy atom. The third-order valence-electron chi connectivity index (χ3n) is 3.31. The van der Waals surface area contributed by atoms with Crippen LogP contribution in [0.2, 0.25) is 0 Å². The monoisotopic (exact) mass is 387 g/mol. The summed E-state index contributed by atoms with van der Waals surface area (Å²) < 4.78 is 27.7. The van der Waals surface area contributed by atoms with Gasteiger partial charge in [-0.25, -0.2) is 8.78 Å². The lowest BCUT2D eigenvalue weighted by Crippen LogP contribution is -2.20. The van der Waals surface area contributed by atoms with Crippen LogP contribution in [0, 0.1) is 22.1 Å². The average molecular weight is 387 g/mol. The third-order valence-corrected chi connectivity index (χ3v) is 4.78. The van der Waals surface area contributed by atoms with Crippen LogP contribution in [0.15, 0.2) is 36.4 Å². The van der Waals surface area contributed by atoms with Gasteiger partial charge in [-0.3, -0.25) is 0 Å². The summed E-state index contributed by atoms with van der Waals surface area (Å²) in [7, 11) is 1.86. The van der Waals surface area contributed by atoms with Gasteiger partial charge >= 0.3 is 0 Å². The largest absolute Gasteiger partial charge is 0.313 e. The van der Waals surface area contributed by atoms with Crippen molar-refractivity contribution in [2.24, 2.45) is 0 Å². The van der Waals surface area contributed by atoms with Crippen LogP contribution in [-0.4, -0.2) is 7.05 Å². The van der Waals surface area contributed by atoms with E-state index in [1.807, 2.05) is 19.2 Å².